The van der Waals surface area contributed by atoms with Gasteiger partial charge in [0.1, 0.15) is 6.04 Å². The van der Waals surface area contributed by atoms with Crippen LogP contribution in [0.4, 0.5) is 0 Å². The fourth-order valence-corrected chi connectivity index (χ4v) is 8.48. The number of thioether (sulfide) groups is 1. The fourth-order valence-electron chi connectivity index (χ4n) is 6.09. The molecule has 0 aromatic heterocycles. The van der Waals surface area contributed by atoms with Gasteiger partial charge < -0.3 is 20.0 Å². The van der Waals surface area contributed by atoms with Crippen molar-refractivity contribution in [2.75, 3.05) is 13.2 Å². The summed E-state index contributed by atoms with van der Waals surface area (Å²) in [4.78, 5) is 43.3. The maximum atomic E-state index is 14.0. The van der Waals surface area contributed by atoms with E-state index in [-0.39, 0.29) is 41.5 Å². The first kappa shape index (κ1) is 24.1. The molecular weight excluding hydrogens is 416 g/mol. The predicted octanol–water partition coefficient (Wildman–Crippen LogP) is 2.24. The summed E-state index contributed by atoms with van der Waals surface area (Å²) in [6.45, 7) is 13.8. The van der Waals surface area contributed by atoms with Gasteiger partial charge in [-0.2, -0.15) is 0 Å². The number of aliphatic hydroxyl groups is 1. The van der Waals surface area contributed by atoms with Crippen molar-refractivity contribution in [3.05, 3.63) is 12.7 Å². The maximum Gasteiger partial charge on any atom is 0.308 e. The Kier molecular flexibility index (Phi) is 6.82. The Balaban J connectivity index is 2.16. The van der Waals surface area contributed by atoms with Crippen molar-refractivity contribution in [1.29, 1.82) is 0 Å². The third kappa shape index (κ3) is 3.59. The van der Waals surface area contributed by atoms with Gasteiger partial charge in [0.15, 0.2) is 0 Å². The smallest absolute Gasteiger partial charge is 0.308 e. The van der Waals surface area contributed by atoms with E-state index in [1.54, 1.807) is 15.9 Å². The summed E-state index contributed by atoms with van der Waals surface area (Å²) in [6, 6.07) is -1.39. The zero-order valence-electron chi connectivity index (χ0n) is 19.2. The van der Waals surface area contributed by atoms with Gasteiger partial charge in [0.25, 0.3) is 0 Å². The monoisotopic (exact) mass is 452 g/mol. The minimum atomic E-state index is -0.964. The van der Waals surface area contributed by atoms with Crippen molar-refractivity contribution in [3.8, 4) is 0 Å². The molecule has 0 aromatic carbocycles. The van der Waals surface area contributed by atoms with Crippen LogP contribution in [0.25, 0.3) is 0 Å². The van der Waals surface area contributed by atoms with E-state index < -0.39 is 34.6 Å². The van der Waals surface area contributed by atoms with Crippen LogP contribution in [0.15, 0.2) is 12.7 Å². The Labute approximate surface area is 189 Å². The quantitative estimate of drug-likeness (QED) is 0.521. The number of hydrogen-bond acceptors (Lipinski definition) is 5. The molecule has 0 radical (unpaired) electrons. The number of carboxylic acid groups (broad SMARTS) is 1. The van der Waals surface area contributed by atoms with Gasteiger partial charge in [-0.3, -0.25) is 14.4 Å². The fraction of sp³-hybridized carbons (Fsp3) is 0.783. The van der Waals surface area contributed by atoms with Crippen molar-refractivity contribution >= 4 is 29.5 Å². The number of carbonyl (C=O) groups excluding carboxylic acids is 2. The minimum Gasteiger partial charge on any atom is -0.481 e. The second-order valence-corrected chi connectivity index (χ2v) is 11.5. The highest BCUT2D eigenvalue weighted by atomic mass is 32.2. The van der Waals surface area contributed by atoms with E-state index in [9.17, 15) is 24.6 Å². The van der Waals surface area contributed by atoms with Gasteiger partial charge >= 0.3 is 5.97 Å². The van der Waals surface area contributed by atoms with Crippen molar-refractivity contribution in [1.82, 2.24) is 9.80 Å². The second kappa shape index (κ2) is 8.77. The van der Waals surface area contributed by atoms with E-state index in [0.717, 1.165) is 0 Å². The number of hydrogen-bond donors (Lipinski definition) is 2. The topological polar surface area (TPSA) is 98.2 Å². The van der Waals surface area contributed by atoms with Crippen LogP contribution in [-0.2, 0) is 14.4 Å². The van der Waals surface area contributed by atoms with Crippen molar-refractivity contribution in [2.24, 2.45) is 23.7 Å². The Morgan fingerprint density at radius 3 is 2.48 bits per heavy atom. The molecule has 3 rings (SSSR count). The van der Waals surface area contributed by atoms with Gasteiger partial charge in [-0.1, -0.05) is 26.8 Å². The summed E-state index contributed by atoms with van der Waals surface area (Å²) in [6.07, 6.45) is 2.91. The Hall–Kier alpha value is -1.54. The first-order valence-electron chi connectivity index (χ1n) is 11.3. The summed E-state index contributed by atoms with van der Waals surface area (Å²) in [7, 11) is 0. The standard InChI is InChI=1S/C23H36N2O5S/c1-7-8-24(13(4)5)21(28)19-23-14(6)10-16(31-23)17(22(29)30)18(23)20(27)25(19)15(11-26)9-12(2)3/h7,12-19,26H,1,8-11H2,2-6H3,(H,29,30)/t14?,15-,16+,17-,18+,19?,23?/m1/s1. The highest BCUT2D eigenvalue weighted by molar-refractivity contribution is 8.02. The summed E-state index contributed by atoms with van der Waals surface area (Å²) in [5.74, 6) is -2.70. The average molecular weight is 453 g/mol. The molecule has 1 spiro atoms. The summed E-state index contributed by atoms with van der Waals surface area (Å²) >= 11 is 1.53. The van der Waals surface area contributed by atoms with Crippen LogP contribution in [-0.4, -0.2) is 79.1 Å². The zero-order chi connectivity index (χ0) is 23.2. The lowest BCUT2D eigenvalue weighted by atomic mass is 9.66. The van der Waals surface area contributed by atoms with Gasteiger partial charge in [-0.05, 0) is 38.5 Å². The summed E-state index contributed by atoms with van der Waals surface area (Å²) < 4.78 is -0.777. The Morgan fingerprint density at radius 1 is 1.35 bits per heavy atom. The van der Waals surface area contributed by atoms with Crippen LogP contribution >= 0.6 is 11.8 Å². The lowest BCUT2D eigenvalue weighted by Gasteiger charge is -2.43. The Bertz CT molecular complexity index is 756. The number of rotatable bonds is 9. The molecule has 3 fully saturated rings. The van der Waals surface area contributed by atoms with Gasteiger partial charge in [-0.25, -0.2) is 0 Å². The molecule has 3 heterocycles. The highest BCUT2D eigenvalue weighted by Gasteiger charge is 2.77. The van der Waals surface area contributed by atoms with Crippen LogP contribution in [0.3, 0.4) is 0 Å². The molecule has 31 heavy (non-hydrogen) atoms. The molecule has 7 atom stereocenters. The molecule has 2 N–H and O–H groups in total. The van der Waals surface area contributed by atoms with Gasteiger partial charge in [0.05, 0.1) is 29.2 Å². The first-order chi connectivity index (χ1) is 14.5. The number of carboxylic acids is 1. The molecule has 8 heteroatoms. The lowest BCUT2D eigenvalue weighted by Crippen LogP contribution is -2.60. The molecule has 0 aromatic rings. The number of nitrogens with zero attached hydrogens (tertiary/aromatic N) is 2. The van der Waals surface area contributed by atoms with E-state index in [4.69, 9.17) is 0 Å². The van der Waals surface area contributed by atoms with Crippen LogP contribution in [0.2, 0.25) is 0 Å². The molecule has 2 amide bonds. The van der Waals surface area contributed by atoms with E-state index in [0.29, 0.717) is 19.4 Å². The SMILES string of the molecule is C=CCN(C(=O)C1N([C@@H](CO)CC(C)C)C(=O)[C@@H]2[C@H](C(=O)O)[C@@H]3CC(C)C12S3)C(C)C. The summed E-state index contributed by atoms with van der Waals surface area (Å²) in [5, 5.41) is 20.0. The van der Waals surface area contributed by atoms with E-state index >= 15 is 0 Å². The molecule has 174 valence electrons. The average Bonchev–Trinajstić information content (AvgIpc) is 3.27. The molecule has 0 aliphatic carbocycles. The van der Waals surface area contributed by atoms with Crippen molar-refractivity contribution in [2.45, 2.75) is 75.6 Å². The van der Waals surface area contributed by atoms with Crippen LogP contribution in [0.1, 0.15) is 47.5 Å². The normalized spacial score (nSPS) is 35.0. The lowest BCUT2D eigenvalue weighted by molar-refractivity contribution is -0.150. The van der Waals surface area contributed by atoms with E-state index in [2.05, 4.69) is 6.58 Å². The molecule has 3 unspecified atom stereocenters. The number of amides is 2. The molecular formula is C23H36N2O5S. The molecule has 7 nitrogen and oxygen atoms in total. The number of aliphatic hydroxyl groups excluding tert-OH is 1. The number of carbonyl (C=O) groups is 3. The zero-order valence-corrected chi connectivity index (χ0v) is 20.0. The van der Waals surface area contributed by atoms with Gasteiger partial charge in [0.2, 0.25) is 11.8 Å². The first-order valence-corrected chi connectivity index (χ1v) is 12.2. The summed E-state index contributed by atoms with van der Waals surface area (Å²) in [5.41, 5.74) is 0. The molecule has 0 saturated carbocycles. The second-order valence-electron chi connectivity index (χ2n) is 9.98. The van der Waals surface area contributed by atoms with Crippen LogP contribution < -0.4 is 0 Å². The van der Waals surface area contributed by atoms with Crippen molar-refractivity contribution < 1.29 is 24.6 Å². The molecule has 3 aliphatic rings. The van der Waals surface area contributed by atoms with Gasteiger partial charge in [-0.15, -0.1) is 18.3 Å². The number of likely N-dealkylation sites (tertiary alicyclic amines) is 1. The Morgan fingerprint density at radius 2 is 2.00 bits per heavy atom. The third-order valence-electron chi connectivity index (χ3n) is 7.28. The largest absolute Gasteiger partial charge is 0.481 e. The van der Waals surface area contributed by atoms with E-state index in [1.807, 2.05) is 34.6 Å². The van der Waals surface area contributed by atoms with Crippen LogP contribution in [0.5, 0.6) is 0 Å². The highest BCUT2D eigenvalue weighted by Crippen LogP contribution is 2.69. The predicted molar refractivity (Wildman–Crippen MR) is 121 cm³/mol. The number of aliphatic carboxylic acids is 1. The molecule has 2 bridgehead atoms. The van der Waals surface area contributed by atoms with Gasteiger partial charge in [0, 0.05) is 17.8 Å². The minimum absolute atomic E-state index is 0.0298. The molecule has 3 saturated heterocycles. The van der Waals surface area contributed by atoms with Crippen molar-refractivity contribution in [3.63, 3.8) is 0 Å². The van der Waals surface area contributed by atoms with Crippen LogP contribution in [0, 0.1) is 23.7 Å². The third-order valence-corrected chi connectivity index (χ3v) is 9.36. The number of fused-ring (bicyclic) bond motifs is 1. The van der Waals surface area contributed by atoms with E-state index in [1.165, 1.54) is 11.8 Å². The maximum absolute atomic E-state index is 14.0. The molecule has 3 aliphatic heterocycles.